The maximum atomic E-state index is 10.8. The predicted octanol–water partition coefficient (Wildman–Crippen LogP) is 5.34. The van der Waals surface area contributed by atoms with Gasteiger partial charge in [-0.15, -0.1) is 0 Å². The monoisotopic (exact) mass is 378 g/mol. The van der Waals surface area contributed by atoms with Gasteiger partial charge >= 0.3 is 0 Å². The van der Waals surface area contributed by atoms with Gasteiger partial charge < -0.3 is 10.1 Å². The van der Waals surface area contributed by atoms with E-state index in [1.807, 2.05) is 66.7 Å². The molecule has 2 aromatic carbocycles. The van der Waals surface area contributed by atoms with Gasteiger partial charge in [0.15, 0.2) is 0 Å². The minimum Gasteiger partial charge on any atom is -0.437 e. The number of halogens is 1. The van der Waals surface area contributed by atoms with Crippen LogP contribution < -0.4 is 10.1 Å². The first-order valence-corrected chi connectivity index (χ1v) is 8.89. The fourth-order valence-corrected chi connectivity index (χ4v) is 2.67. The largest absolute Gasteiger partial charge is 0.437 e. The van der Waals surface area contributed by atoms with Crippen molar-refractivity contribution in [3.8, 4) is 22.8 Å². The van der Waals surface area contributed by atoms with Gasteiger partial charge in [0.2, 0.25) is 11.8 Å². The third-order valence-corrected chi connectivity index (χ3v) is 4.09. The summed E-state index contributed by atoms with van der Waals surface area (Å²) in [5.74, 6) is 0.956. The molecule has 0 fully saturated rings. The van der Waals surface area contributed by atoms with Gasteiger partial charge in [-0.25, -0.2) is 4.98 Å². The lowest BCUT2D eigenvalue weighted by molar-refractivity contribution is -0.118. The molecule has 27 heavy (non-hydrogen) atoms. The molecule has 0 bridgehead atoms. The lowest BCUT2D eigenvalue weighted by atomic mass is 10.1. The first kappa shape index (κ1) is 18.7. The van der Waals surface area contributed by atoms with Crippen molar-refractivity contribution in [1.29, 1.82) is 0 Å². The Morgan fingerprint density at radius 3 is 2.59 bits per heavy atom. The Labute approximate surface area is 163 Å². The number of nitrogens with zero attached hydrogens (tertiary/aromatic N) is 1. The van der Waals surface area contributed by atoms with Gasteiger partial charge in [-0.2, -0.15) is 0 Å². The normalized spacial score (nSPS) is 10.7. The van der Waals surface area contributed by atoms with Crippen LogP contribution in [0.3, 0.4) is 0 Å². The molecular weight excluding hydrogens is 360 g/mol. The van der Waals surface area contributed by atoms with E-state index < -0.39 is 0 Å². The van der Waals surface area contributed by atoms with Crippen LogP contribution >= 0.6 is 11.6 Å². The average molecular weight is 379 g/mol. The van der Waals surface area contributed by atoms with Gasteiger partial charge in [-0.3, -0.25) is 4.79 Å². The van der Waals surface area contributed by atoms with E-state index in [1.165, 1.54) is 6.92 Å². The van der Waals surface area contributed by atoms with Crippen LogP contribution in [-0.2, 0) is 4.79 Å². The summed E-state index contributed by atoms with van der Waals surface area (Å²) in [6.45, 7) is 1.97. The van der Waals surface area contributed by atoms with Crippen LogP contribution in [-0.4, -0.2) is 17.4 Å². The number of ether oxygens (including phenoxy) is 1. The molecule has 0 saturated heterocycles. The first-order chi connectivity index (χ1) is 13.1. The number of pyridine rings is 1. The van der Waals surface area contributed by atoms with E-state index in [0.717, 1.165) is 16.7 Å². The van der Waals surface area contributed by atoms with E-state index in [1.54, 1.807) is 12.3 Å². The molecule has 0 aliphatic rings. The highest BCUT2D eigenvalue weighted by molar-refractivity contribution is 6.32. The summed E-state index contributed by atoms with van der Waals surface area (Å²) in [5, 5.41) is 3.22. The van der Waals surface area contributed by atoms with E-state index in [2.05, 4.69) is 10.3 Å². The van der Waals surface area contributed by atoms with Gasteiger partial charge in [-0.05, 0) is 34.9 Å². The smallest absolute Gasteiger partial charge is 0.219 e. The van der Waals surface area contributed by atoms with E-state index in [4.69, 9.17) is 16.3 Å². The van der Waals surface area contributed by atoms with Crippen LogP contribution in [0.25, 0.3) is 17.2 Å². The van der Waals surface area contributed by atoms with Crippen molar-refractivity contribution in [2.45, 2.75) is 6.92 Å². The summed E-state index contributed by atoms with van der Waals surface area (Å²) < 4.78 is 5.79. The lowest BCUT2D eigenvalue weighted by Gasteiger charge is -2.09. The van der Waals surface area contributed by atoms with Crippen LogP contribution in [0.4, 0.5) is 0 Å². The molecule has 1 amide bonds. The molecule has 136 valence electrons. The van der Waals surface area contributed by atoms with Gasteiger partial charge in [0.05, 0.1) is 5.02 Å². The second-order valence-electron chi connectivity index (χ2n) is 5.88. The van der Waals surface area contributed by atoms with Crippen LogP contribution in [0.1, 0.15) is 12.5 Å². The summed E-state index contributed by atoms with van der Waals surface area (Å²) in [5.41, 5.74) is 3.04. The molecule has 0 aliphatic carbocycles. The number of carbonyl (C=O) groups is 1. The molecule has 1 N–H and O–H groups in total. The van der Waals surface area contributed by atoms with E-state index in [-0.39, 0.29) is 5.91 Å². The Balaban J connectivity index is 1.66. The topological polar surface area (TPSA) is 51.2 Å². The van der Waals surface area contributed by atoms with E-state index in [9.17, 15) is 4.79 Å². The molecule has 0 atom stereocenters. The molecular formula is C22H19ClN2O2. The molecule has 0 radical (unpaired) electrons. The maximum Gasteiger partial charge on any atom is 0.219 e. The SMILES string of the molecule is CC(=O)NC/C=C/c1ccc(Oc2ccc(-c3ccccc3)cc2Cl)nc1. The van der Waals surface area contributed by atoms with E-state index >= 15 is 0 Å². The zero-order valence-electron chi connectivity index (χ0n) is 14.9. The van der Waals surface area contributed by atoms with Crippen molar-refractivity contribution in [1.82, 2.24) is 10.3 Å². The molecule has 5 heteroatoms. The van der Waals surface area contributed by atoms with E-state index in [0.29, 0.717) is 23.2 Å². The molecule has 0 saturated carbocycles. The number of benzene rings is 2. The molecule has 0 aliphatic heterocycles. The van der Waals surface area contributed by atoms with Crippen molar-refractivity contribution in [2.75, 3.05) is 6.54 Å². The zero-order chi connectivity index (χ0) is 19.1. The standard InChI is InChI=1S/C22H19ClN2O2/c1-16(26)24-13-5-6-17-9-12-22(25-15-17)27-21-11-10-19(14-20(21)23)18-7-3-2-4-8-18/h2-12,14-15H,13H2,1H3,(H,24,26)/b6-5+. The third kappa shape index (κ3) is 5.43. The number of rotatable bonds is 6. The van der Waals surface area contributed by atoms with Gasteiger partial charge in [0.25, 0.3) is 0 Å². The molecule has 1 aromatic heterocycles. The highest BCUT2D eigenvalue weighted by Gasteiger charge is 2.06. The summed E-state index contributed by atoms with van der Waals surface area (Å²) >= 11 is 6.37. The second-order valence-corrected chi connectivity index (χ2v) is 6.29. The summed E-state index contributed by atoms with van der Waals surface area (Å²) in [7, 11) is 0. The number of aromatic nitrogens is 1. The summed E-state index contributed by atoms with van der Waals surface area (Å²) in [4.78, 5) is 15.1. The van der Waals surface area contributed by atoms with Crippen LogP contribution in [0.2, 0.25) is 5.02 Å². The number of carbonyl (C=O) groups excluding carboxylic acids is 1. The van der Waals surface area contributed by atoms with Crippen molar-refractivity contribution in [3.63, 3.8) is 0 Å². The Morgan fingerprint density at radius 2 is 1.93 bits per heavy atom. The number of hydrogen-bond donors (Lipinski definition) is 1. The fourth-order valence-electron chi connectivity index (χ4n) is 2.45. The fraction of sp³-hybridized carbons (Fsp3) is 0.0909. The summed E-state index contributed by atoms with van der Waals surface area (Å²) in [6, 6.07) is 19.4. The second kappa shape index (κ2) is 9.01. The van der Waals surface area contributed by atoms with Gasteiger partial charge in [0.1, 0.15) is 5.75 Å². The highest BCUT2D eigenvalue weighted by Crippen LogP contribution is 2.32. The maximum absolute atomic E-state index is 10.8. The number of amides is 1. The molecule has 1 heterocycles. The Hall–Kier alpha value is -3.11. The third-order valence-electron chi connectivity index (χ3n) is 3.79. The number of hydrogen-bond acceptors (Lipinski definition) is 3. The average Bonchev–Trinajstić information content (AvgIpc) is 2.68. The minimum atomic E-state index is -0.0586. The first-order valence-electron chi connectivity index (χ1n) is 8.52. The van der Waals surface area contributed by atoms with Crippen LogP contribution in [0.15, 0.2) is 72.9 Å². The molecule has 4 nitrogen and oxygen atoms in total. The molecule has 0 unspecified atom stereocenters. The van der Waals surface area contributed by atoms with Crippen molar-refractivity contribution >= 4 is 23.6 Å². The minimum absolute atomic E-state index is 0.0586. The summed E-state index contributed by atoms with van der Waals surface area (Å²) in [6.07, 6.45) is 5.44. The Morgan fingerprint density at radius 1 is 1.11 bits per heavy atom. The van der Waals surface area contributed by atoms with Crippen LogP contribution in [0.5, 0.6) is 11.6 Å². The lowest BCUT2D eigenvalue weighted by Crippen LogP contribution is -2.19. The Bertz CT molecular complexity index is 938. The number of nitrogens with one attached hydrogen (secondary N) is 1. The quantitative estimate of drug-likeness (QED) is 0.629. The van der Waals surface area contributed by atoms with Gasteiger partial charge in [-0.1, -0.05) is 60.2 Å². The van der Waals surface area contributed by atoms with Crippen molar-refractivity contribution in [2.24, 2.45) is 0 Å². The van der Waals surface area contributed by atoms with Gasteiger partial charge in [0, 0.05) is 25.7 Å². The molecule has 0 spiro atoms. The molecule has 3 aromatic rings. The van der Waals surface area contributed by atoms with Crippen molar-refractivity contribution < 1.29 is 9.53 Å². The Kier molecular flexibility index (Phi) is 6.23. The van der Waals surface area contributed by atoms with Crippen molar-refractivity contribution in [3.05, 3.63) is 83.5 Å². The van der Waals surface area contributed by atoms with Crippen LogP contribution in [0, 0.1) is 0 Å². The highest BCUT2D eigenvalue weighted by atomic mass is 35.5. The zero-order valence-corrected chi connectivity index (χ0v) is 15.6. The predicted molar refractivity (Wildman–Crippen MR) is 109 cm³/mol. The molecule has 3 rings (SSSR count).